The molecule has 0 aliphatic rings. The molecule has 0 atom stereocenters. The first kappa shape index (κ1) is 22.9. The summed E-state index contributed by atoms with van der Waals surface area (Å²) >= 11 is 6.09. The summed E-state index contributed by atoms with van der Waals surface area (Å²) in [6.07, 6.45) is 0. The van der Waals surface area contributed by atoms with E-state index in [1.807, 2.05) is 6.07 Å². The van der Waals surface area contributed by atoms with Crippen LogP contribution < -0.4 is 0 Å². The van der Waals surface area contributed by atoms with Crippen LogP contribution in [0.1, 0.15) is 0 Å². The molecule has 0 bridgehead atoms. The SMILES string of the molecule is Cl.O=S(=O)(O)c1cc2[nH]c(-c3cccc(-c4cccc(Cl)c4)c3O)nc2c2c(O)cccc12. The number of rotatable bonds is 3. The van der Waals surface area contributed by atoms with Gasteiger partial charge < -0.3 is 15.2 Å². The average molecular weight is 503 g/mol. The number of aromatic nitrogens is 2. The lowest BCUT2D eigenvalue weighted by atomic mass is 10.0. The standard InChI is InChI=1S/C23H15ClN2O5S.ClH/c24-13-5-1-4-12(10-13)14-6-2-8-16(22(14)28)23-25-17-11-19(32(29,30)31)15-7-3-9-18(27)20(15)21(17)26-23;/h1-11,27-28H,(H,25,26)(H,29,30,31);1H. The van der Waals surface area contributed by atoms with E-state index >= 15 is 0 Å². The summed E-state index contributed by atoms with van der Waals surface area (Å²) in [5, 5.41) is 22.2. The molecule has 0 saturated carbocycles. The van der Waals surface area contributed by atoms with Gasteiger partial charge in [0.1, 0.15) is 27.7 Å². The third-order valence-electron chi connectivity index (χ3n) is 5.26. The topological polar surface area (TPSA) is 124 Å². The Morgan fingerprint density at radius 2 is 1.61 bits per heavy atom. The van der Waals surface area contributed by atoms with E-state index in [1.165, 1.54) is 24.3 Å². The van der Waals surface area contributed by atoms with Crippen molar-refractivity contribution in [2.24, 2.45) is 0 Å². The molecule has 5 aromatic rings. The quantitative estimate of drug-likeness (QED) is 0.231. The van der Waals surface area contributed by atoms with Crippen LogP contribution in [0.25, 0.3) is 44.3 Å². The smallest absolute Gasteiger partial charge is 0.295 e. The Hall–Kier alpha value is -3.30. The van der Waals surface area contributed by atoms with Crippen LogP contribution in [0.15, 0.2) is 71.6 Å². The highest BCUT2D eigenvalue weighted by Gasteiger charge is 2.22. The highest BCUT2D eigenvalue weighted by molar-refractivity contribution is 7.86. The number of aromatic amines is 1. The van der Waals surface area contributed by atoms with Gasteiger partial charge in [0, 0.05) is 16.0 Å². The van der Waals surface area contributed by atoms with Gasteiger partial charge in [0.25, 0.3) is 10.1 Å². The summed E-state index contributed by atoms with van der Waals surface area (Å²) in [7, 11) is -4.57. The Balaban J connectivity index is 0.00000259. The molecule has 1 aromatic heterocycles. The number of benzene rings is 4. The lowest BCUT2D eigenvalue weighted by Crippen LogP contribution is -1.99. The molecule has 0 aliphatic carbocycles. The highest BCUT2D eigenvalue weighted by atomic mass is 35.5. The van der Waals surface area contributed by atoms with Crippen molar-refractivity contribution < 1.29 is 23.2 Å². The third-order valence-corrected chi connectivity index (χ3v) is 6.39. The third kappa shape index (κ3) is 3.87. The minimum Gasteiger partial charge on any atom is -0.507 e. The van der Waals surface area contributed by atoms with Gasteiger partial charge in [-0.3, -0.25) is 4.55 Å². The second-order valence-electron chi connectivity index (χ2n) is 7.24. The van der Waals surface area contributed by atoms with E-state index < -0.39 is 10.1 Å². The molecular weight excluding hydrogens is 487 g/mol. The van der Waals surface area contributed by atoms with Crippen LogP contribution in [0.5, 0.6) is 11.5 Å². The molecule has 0 fully saturated rings. The van der Waals surface area contributed by atoms with Gasteiger partial charge in [-0.05, 0) is 35.9 Å². The zero-order chi connectivity index (χ0) is 22.6. The van der Waals surface area contributed by atoms with Gasteiger partial charge in [-0.1, -0.05) is 48.0 Å². The monoisotopic (exact) mass is 502 g/mol. The number of phenols is 2. The van der Waals surface area contributed by atoms with Crippen molar-refractivity contribution in [1.82, 2.24) is 9.97 Å². The number of halogens is 2. The number of nitrogens with one attached hydrogen (secondary N) is 1. The maximum Gasteiger partial charge on any atom is 0.295 e. The van der Waals surface area contributed by atoms with Gasteiger partial charge in [0.15, 0.2) is 0 Å². The van der Waals surface area contributed by atoms with Crippen molar-refractivity contribution in [3.8, 4) is 34.0 Å². The van der Waals surface area contributed by atoms with Crippen molar-refractivity contribution in [1.29, 1.82) is 0 Å². The summed E-state index contributed by atoms with van der Waals surface area (Å²) in [5.74, 6) is 0.0312. The largest absolute Gasteiger partial charge is 0.507 e. The van der Waals surface area contributed by atoms with E-state index in [0.29, 0.717) is 27.2 Å². The van der Waals surface area contributed by atoms with Crippen molar-refractivity contribution in [2.45, 2.75) is 4.90 Å². The van der Waals surface area contributed by atoms with Crippen LogP contribution in [0.4, 0.5) is 0 Å². The van der Waals surface area contributed by atoms with E-state index in [4.69, 9.17) is 11.6 Å². The molecule has 7 nitrogen and oxygen atoms in total. The molecule has 0 amide bonds. The second kappa shape index (κ2) is 8.24. The predicted molar refractivity (Wildman–Crippen MR) is 130 cm³/mol. The average Bonchev–Trinajstić information content (AvgIpc) is 3.16. The Bertz CT molecular complexity index is 1650. The van der Waals surface area contributed by atoms with Crippen LogP contribution in [-0.2, 0) is 10.1 Å². The molecule has 168 valence electrons. The van der Waals surface area contributed by atoms with E-state index in [0.717, 1.165) is 0 Å². The van der Waals surface area contributed by atoms with Gasteiger partial charge in [-0.2, -0.15) is 8.42 Å². The highest BCUT2D eigenvalue weighted by Crippen LogP contribution is 2.40. The molecule has 0 radical (unpaired) electrons. The molecule has 0 saturated heterocycles. The maximum absolute atomic E-state index is 12.0. The van der Waals surface area contributed by atoms with E-state index in [1.54, 1.807) is 36.4 Å². The van der Waals surface area contributed by atoms with Gasteiger partial charge in [-0.25, -0.2) is 4.98 Å². The number of H-pyrrole nitrogens is 1. The summed E-state index contributed by atoms with van der Waals surface area (Å²) < 4.78 is 33.6. The van der Waals surface area contributed by atoms with Gasteiger partial charge in [0.05, 0.1) is 16.5 Å². The molecule has 33 heavy (non-hydrogen) atoms. The minimum absolute atomic E-state index is 0. The predicted octanol–water partition coefficient (Wildman–Crippen LogP) is 5.78. The maximum atomic E-state index is 12.0. The normalized spacial score (nSPS) is 11.6. The van der Waals surface area contributed by atoms with Crippen LogP contribution >= 0.6 is 24.0 Å². The summed E-state index contributed by atoms with van der Waals surface area (Å²) in [5.41, 5.74) is 2.19. The first-order chi connectivity index (χ1) is 15.2. The number of fused-ring (bicyclic) bond motifs is 3. The summed E-state index contributed by atoms with van der Waals surface area (Å²) in [6.45, 7) is 0. The lowest BCUT2D eigenvalue weighted by molar-refractivity contribution is 0.478. The first-order valence-corrected chi connectivity index (χ1v) is 11.3. The van der Waals surface area contributed by atoms with Gasteiger partial charge in [-0.15, -0.1) is 12.4 Å². The lowest BCUT2D eigenvalue weighted by Gasteiger charge is -2.08. The minimum atomic E-state index is -4.57. The molecule has 5 rings (SSSR count). The molecule has 0 aliphatic heterocycles. The van der Waals surface area contributed by atoms with E-state index in [-0.39, 0.29) is 50.9 Å². The van der Waals surface area contributed by atoms with Crippen LogP contribution in [-0.4, -0.2) is 33.2 Å². The number of hydrogen-bond acceptors (Lipinski definition) is 5. The molecule has 10 heteroatoms. The number of imidazole rings is 1. The van der Waals surface area contributed by atoms with E-state index in [9.17, 15) is 23.2 Å². The molecular formula is C23H16Cl2N2O5S. The van der Waals surface area contributed by atoms with Crippen LogP contribution in [0.2, 0.25) is 5.02 Å². The summed E-state index contributed by atoms with van der Waals surface area (Å²) in [4.78, 5) is 7.16. The van der Waals surface area contributed by atoms with Gasteiger partial charge >= 0.3 is 0 Å². The van der Waals surface area contributed by atoms with Crippen molar-refractivity contribution in [2.75, 3.05) is 0 Å². The van der Waals surface area contributed by atoms with Crippen molar-refractivity contribution >= 4 is 55.9 Å². The number of hydrogen-bond donors (Lipinski definition) is 4. The number of aromatic hydroxyl groups is 2. The summed E-state index contributed by atoms with van der Waals surface area (Å²) in [6, 6.07) is 17.8. The van der Waals surface area contributed by atoms with Crippen molar-refractivity contribution in [3.63, 3.8) is 0 Å². The molecule has 0 spiro atoms. The molecule has 4 aromatic carbocycles. The number of nitrogens with zero attached hydrogens (tertiary/aromatic N) is 1. The zero-order valence-corrected chi connectivity index (χ0v) is 19.0. The van der Waals surface area contributed by atoms with Gasteiger partial charge in [0.2, 0.25) is 0 Å². The molecule has 1 heterocycles. The number of phenolic OH excluding ortho intramolecular Hbond substituents is 2. The Labute approximate surface area is 199 Å². The van der Waals surface area contributed by atoms with Crippen LogP contribution in [0, 0.1) is 0 Å². The molecule has 0 unspecified atom stereocenters. The number of para-hydroxylation sites is 1. The second-order valence-corrected chi connectivity index (χ2v) is 9.07. The fourth-order valence-corrected chi connectivity index (χ4v) is 4.75. The Kier molecular flexibility index (Phi) is 5.71. The first-order valence-electron chi connectivity index (χ1n) is 9.44. The Morgan fingerprint density at radius 3 is 2.33 bits per heavy atom. The Morgan fingerprint density at radius 1 is 0.909 bits per heavy atom. The van der Waals surface area contributed by atoms with E-state index in [2.05, 4.69) is 9.97 Å². The fourth-order valence-electron chi connectivity index (χ4n) is 3.85. The molecule has 4 N–H and O–H groups in total. The van der Waals surface area contributed by atoms with Crippen LogP contribution in [0.3, 0.4) is 0 Å². The fraction of sp³-hybridized carbons (Fsp3) is 0. The zero-order valence-electron chi connectivity index (χ0n) is 16.7. The van der Waals surface area contributed by atoms with Crippen molar-refractivity contribution in [3.05, 3.63) is 71.8 Å².